The van der Waals surface area contributed by atoms with Crippen molar-refractivity contribution in [3.63, 3.8) is 0 Å². The van der Waals surface area contributed by atoms with E-state index in [0.717, 1.165) is 25.2 Å². The van der Waals surface area contributed by atoms with Crippen molar-refractivity contribution in [3.05, 3.63) is 17.7 Å². The Kier molecular flexibility index (Phi) is 4.73. The maximum absolute atomic E-state index is 5.48. The van der Waals surface area contributed by atoms with Crippen molar-refractivity contribution in [2.45, 2.75) is 25.4 Å². The first-order valence-corrected chi connectivity index (χ1v) is 6.74. The zero-order valence-corrected chi connectivity index (χ0v) is 12.6. The minimum Gasteiger partial charge on any atom is -0.493 e. The average molecular weight is 281 g/mol. The standard InChI is InChI=1S/C15H23NO4/c1-15(7-8-20-10-15)16-9-11-5-6-12(17-2)14(19-4)13(11)18-3/h5-6,16H,7-10H2,1-4H3. The summed E-state index contributed by atoms with van der Waals surface area (Å²) >= 11 is 0. The molecule has 0 radical (unpaired) electrons. The predicted molar refractivity (Wildman–Crippen MR) is 76.8 cm³/mol. The topological polar surface area (TPSA) is 49.0 Å². The fourth-order valence-corrected chi connectivity index (χ4v) is 2.42. The lowest BCUT2D eigenvalue weighted by Crippen LogP contribution is -2.42. The predicted octanol–water partition coefficient (Wildman–Crippen LogP) is 1.98. The first-order chi connectivity index (χ1) is 9.63. The molecule has 1 aromatic rings. The molecule has 2 rings (SSSR count). The number of ether oxygens (including phenoxy) is 4. The molecule has 0 aromatic heterocycles. The van der Waals surface area contributed by atoms with E-state index in [9.17, 15) is 0 Å². The fourth-order valence-electron chi connectivity index (χ4n) is 2.42. The lowest BCUT2D eigenvalue weighted by molar-refractivity contribution is 0.171. The van der Waals surface area contributed by atoms with E-state index in [1.165, 1.54) is 0 Å². The molecule has 1 heterocycles. The van der Waals surface area contributed by atoms with Crippen LogP contribution in [0.2, 0.25) is 0 Å². The Balaban J connectivity index is 2.18. The maximum Gasteiger partial charge on any atom is 0.203 e. The smallest absolute Gasteiger partial charge is 0.203 e. The monoisotopic (exact) mass is 281 g/mol. The van der Waals surface area contributed by atoms with Gasteiger partial charge in [-0.25, -0.2) is 0 Å². The highest BCUT2D eigenvalue weighted by Crippen LogP contribution is 2.39. The molecule has 1 aromatic carbocycles. The second-order valence-corrected chi connectivity index (χ2v) is 5.21. The minimum atomic E-state index is 0.0260. The van der Waals surface area contributed by atoms with Crippen LogP contribution >= 0.6 is 0 Å². The van der Waals surface area contributed by atoms with Crippen molar-refractivity contribution in [2.24, 2.45) is 0 Å². The summed E-state index contributed by atoms with van der Waals surface area (Å²) in [4.78, 5) is 0. The second kappa shape index (κ2) is 6.33. The number of hydrogen-bond donors (Lipinski definition) is 1. The average Bonchev–Trinajstić information content (AvgIpc) is 2.91. The third-order valence-electron chi connectivity index (χ3n) is 3.71. The van der Waals surface area contributed by atoms with Crippen LogP contribution in [-0.2, 0) is 11.3 Å². The molecule has 20 heavy (non-hydrogen) atoms. The molecule has 1 unspecified atom stereocenters. The molecule has 1 saturated heterocycles. The van der Waals surface area contributed by atoms with Crippen molar-refractivity contribution in [2.75, 3.05) is 34.5 Å². The molecule has 1 aliphatic rings. The quantitative estimate of drug-likeness (QED) is 0.864. The molecule has 5 heteroatoms. The molecule has 0 bridgehead atoms. The van der Waals surface area contributed by atoms with Gasteiger partial charge in [0.1, 0.15) is 0 Å². The third-order valence-corrected chi connectivity index (χ3v) is 3.71. The number of rotatable bonds is 6. The zero-order chi connectivity index (χ0) is 14.6. The maximum atomic E-state index is 5.48. The van der Waals surface area contributed by atoms with E-state index < -0.39 is 0 Å². The minimum absolute atomic E-state index is 0.0260. The molecule has 0 amide bonds. The van der Waals surface area contributed by atoms with E-state index in [1.807, 2.05) is 12.1 Å². The first kappa shape index (κ1) is 14.9. The van der Waals surface area contributed by atoms with E-state index in [4.69, 9.17) is 18.9 Å². The number of benzene rings is 1. The SMILES string of the molecule is COc1ccc(CNC2(C)CCOC2)c(OC)c1OC. The van der Waals surface area contributed by atoms with Crippen molar-refractivity contribution in [1.29, 1.82) is 0 Å². The first-order valence-electron chi connectivity index (χ1n) is 6.74. The summed E-state index contributed by atoms with van der Waals surface area (Å²) in [5.41, 5.74) is 1.07. The van der Waals surface area contributed by atoms with Crippen LogP contribution in [0.3, 0.4) is 0 Å². The largest absolute Gasteiger partial charge is 0.493 e. The Hall–Kier alpha value is -1.46. The van der Waals surface area contributed by atoms with E-state index in [1.54, 1.807) is 21.3 Å². The van der Waals surface area contributed by atoms with E-state index in [0.29, 0.717) is 23.8 Å². The molecule has 0 spiro atoms. The summed E-state index contributed by atoms with van der Waals surface area (Å²) in [5, 5.41) is 3.54. The van der Waals surface area contributed by atoms with Gasteiger partial charge in [0.15, 0.2) is 11.5 Å². The third kappa shape index (κ3) is 2.99. The van der Waals surface area contributed by atoms with Gasteiger partial charge in [-0.2, -0.15) is 0 Å². The van der Waals surface area contributed by atoms with E-state index >= 15 is 0 Å². The highest BCUT2D eigenvalue weighted by molar-refractivity contribution is 5.55. The van der Waals surface area contributed by atoms with Gasteiger partial charge in [-0.1, -0.05) is 6.07 Å². The number of methoxy groups -OCH3 is 3. The Morgan fingerprint density at radius 3 is 2.45 bits per heavy atom. The van der Waals surface area contributed by atoms with Crippen molar-refractivity contribution < 1.29 is 18.9 Å². The normalized spacial score (nSPS) is 21.8. The van der Waals surface area contributed by atoms with Crippen LogP contribution in [-0.4, -0.2) is 40.1 Å². The highest BCUT2D eigenvalue weighted by atomic mass is 16.5. The van der Waals surface area contributed by atoms with Gasteiger partial charge >= 0.3 is 0 Å². The summed E-state index contributed by atoms with van der Waals surface area (Å²) < 4.78 is 21.6. The fraction of sp³-hybridized carbons (Fsp3) is 0.600. The van der Waals surface area contributed by atoms with Crippen LogP contribution in [0.5, 0.6) is 17.2 Å². The number of nitrogens with one attached hydrogen (secondary N) is 1. The van der Waals surface area contributed by atoms with Crippen LogP contribution in [0.15, 0.2) is 12.1 Å². The molecule has 1 fully saturated rings. The summed E-state index contributed by atoms with van der Waals surface area (Å²) in [6.45, 7) is 4.42. The van der Waals surface area contributed by atoms with Gasteiger partial charge in [0.2, 0.25) is 5.75 Å². The van der Waals surface area contributed by atoms with Crippen molar-refractivity contribution in [1.82, 2.24) is 5.32 Å². The van der Waals surface area contributed by atoms with Crippen molar-refractivity contribution >= 4 is 0 Å². The van der Waals surface area contributed by atoms with Crippen LogP contribution in [0.4, 0.5) is 0 Å². The zero-order valence-electron chi connectivity index (χ0n) is 12.6. The van der Waals surface area contributed by atoms with Crippen LogP contribution < -0.4 is 19.5 Å². The molecule has 1 N–H and O–H groups in total. The van der Waals surface area contributed by atoms with Crippen LogP contribution in [0.25, 0.3) is 0 Å². The summed E-state index contributed by atoms with van der Waals surface area (Å²) in [6, 6.07) is 3.89. The summed E-state index contributed by atoms with van der Waals surface area (Å²) in [6.07, 6.45) is 1.02. The molecule has 5 nitrogen and oxygen atoms in total. The second-order valence-electron chi connectivity index (χ2n) is 5.21. The van der Waals surface area contributed by atoms with Gasteiger partial charge in [0, 0.05) is 24.3 Å². The van der Waals surface area contributed by atoms with E-state index in [2.05, 4.69) is 12.2 Å². The van der Waals surface area contributed by atoms with Crippen molar-refractivity contribution in [3.8, 4) is 17.2 Å². The summed E-state index contributed by atoms with van der Waals surface area (Å²) in [5.74, 6) is 2.01. The summed E-state index contributed by atoms with van der Waals surface area (Å²) in [7, 11) is 4.87. The molecule has 0 saturated carbocycles. The Labute approximate surface area is 120 Å². The van der Waals surface area contributed by atoms with Gasteiger partial charge in [0.05, 0.1) is 27.9 Å². The Morgan fingerprint density at radius 2 is 1.90 bits per heavy atom. The van der Waals surface area contributed by atoms with Gasteiger partial charge in [-0.05, 0) is 19.4 Å². The highest BCUT2D eigenvalue weighted by Gasteiger charge is 2.29. The molecule has 1 atom stereocenters. The van der Waals surface area contributed by atoms with E-state index in [-0.39, 0.29) is 5.54 Å². The molecule has 112 valence electrons. The number of hydrogen-bond acceptors (Lipinski definition) is 5. The van der Waals surface area contributed by atoms with Gasteiger partial charge in [-0.15, -0.1) is 0 Å². The van der Waals surface area contributed by atoms with Crippen LogP contribution in [0.1, 0.15) is 18.9 Å². The molecule has 0 aliphatic carbocycles. The van der Waals surface area contributed by atoms with Crippen LogP contribution in [0, 0.1) is 0 Å². The lowest BCUT2D eigenvalue weighted by atomic mass is 10.0. The van der Waals surface area contributed by atoms with Gasteiger partial charge in [-0.3, -0.25) is 0 Å². The lowest BCUT2D eigenvalue weighted by Gasteiger charge is -2.24. The molecule has 1 aliphatic heterocycles. The Bertz CT molecular complexity index is 455. The van der Waals surface area contributed by atoms with Gasteiger partial charge in [0.25, 0.3) is 0 Å². The van der Waals surface area contributed by atoms with Gasteiger partial charge < -0.3 is 24.3 Å². The molecular weight excluding hydrogens is 258 g/mol. The Morgan fingerprint density at radius 1 is 1.15 bits per heavy atom. The molecular formula is C15H23NO4.